The van der Waals surface area contributed by atoms with Gasteiger partial charge in [-0.25, -0.2) is 0 Å². The first-order valence-corrected chi connectivity index (χ1v) is 9.25. The minimum absolute atomic E-state index is 0.226. The number of aromatic nitrogens is 4. The number of amides is 1. The maximum absolute atomic E-state index is 13.1. The smallest absolute Gasteiger partial charge is 0.270 e. The van der Waals surface area contributed by atoms with Crippen molar-refractivity contribution in [2.45, 2.75) is 6.54 Å². The average molecular weight is 401 g/mol. The van der Waals surface area contributed by atoms with Gasteiger partial charge in [0.1, 0.15) is 17.2 Å². The zero-order chi connectivity index (χ0) is 20.8. The Morgan fingerprint density at radius 3 is 2.67 bits per heavy atom. The summed E-state index contributed by atoms with van der Waals surface area (Å²) in [5, 5.41) is 14.8. The van der Waals surface area contributed by atoms with Crippen molar-refractivity contribution in [3.05, 3.63) is 84.3 Å². The van der Waals surface area contributed by atoms with Gasteiger partial charge in [0, 0.05) is 23.7 Å². The molecule has 1 N–H and O–H groups in total. The van der Waals surface area contributed by atoms with Crippen molar-refractivity contribution >= 4 is 17.7 Å². The molecule has 0 fully saturated rings. The summed E-state index contributed by atoms with van der Waals surface area (Å²) in [6.07, 6.45) is 3.13. The number of hydrogen-bond acceptors (Lipinski definition) is 6. The molecular weight excluding hydrogens is 382 g/mol. The maximum atomic E-state index is 13.1. The van der Waals surface area contributed by atoms with Gasteiger partial charge in [0.05, 0.1) is 13.4 Å². The second kappa shape index (κ2) is 8.87. The van der Waals surface area contributed by atoms with E-state index in [9.17, 15) is 4.79 Å². The van der Waals surface area contributed by atoms with Crippen molar-refractivity contribution < 1.29 is 13.9 Å². The van der Waals surface area contributed by atoms with Crippen LogP contribution in [0.25, 0.3) is 23.2 Å². The summed E-state index contributed by atoms with van der Waals surface area (Å²) in [4.78, 5) is 13.1. The molecule has 150 valence electrons. The Labute approximate surface area is 172 Å². The fourth-order valence-corrected chi connectivity index (χ4v) is 2.96. The fourth-order valence-electron chi connectivity index (χ4n) is 2.96. The summed E-state index contributed by atoms with van der Waals surface area (Å²) >= 11 is 0. The first-order chi connectivity index (χ1) is 14.8. The number of ether oxygens (including phenoxy) is 1. The Morgan fingerprint density at radius 1 is 1.10 bits per heavy atom. The molecule has 0 bridgehead atoms. The van der Waals surface area contributed by atoms with Crippen LogP contribution in [0, 0.1) is 0 Å². The molecule has 1 amide bonds. The average Bonchev–Trinajstić information content (AvgIpc) is 3.48. The van der Waals surface area contributed by atoms with Crippen LogP contribution in [0.5, 0.6) is 5.75 Å². The molecule has 2 aromatic carbocycles. The van der Waals surface area contributed by atoms with Gasteiger partial charge in [-0.05, 0) is 28.6 Å². The second-order valence-corrected chi connectivity index (χ2v) is 6.32. The Hall–Kier alpha value is -4.20. The number of para-hydroxylation sites is 1. The molecule has 0 atom stereocenters. The number of nitrogens with zero attached hydrogens (tertiary/aromatic N) is 4. The molecule has 2 heterocycles. The van der Waals surface area contributed by atoms with E-state index in [2.05, 4.69) is 20.8 Å². The third kappa shape index (κ3) is 4.12. The lowest BCUT2D eigenvalue weighted by atomic mass is 10.2. The Morgan fingerprint density at radius 2 is 1.90 bits per heavy atom. The lowest BCUT2D eigenvalue weighted by Crippen LogP contribution is -2.27. The van der Waals surface area contributed by atoms with Gasteiger partial charge in [0.2, 0.25) is 0 Å². The number of carbonyl (C=O) groups excluding carboxylic acids is 1. The van der Waals surface area contributed by atoms with E-state index in [1.807, 2.05) is 54.6 Å². The predicted octanol–water partition coefficient (Wildman–Crippen LogP) is 3.26. The maximum Gasteiger partial charge on any atom is 0.270 e. The number of nitrogens with one attached hydrogen (secondary N) is 1. The van der Waals surface area contributed by atoms with Crippen molar-refractivity contribution in [1.82, 2.24) is 25.5 Å². The molecule has 0 aliphatic heterocycles. The van der Waals surface area contributed by atoms with E-state index in [4.69, 9.17) is 9.15 Å². The van der Waals surface area contributed by atoms with E-state index in [0.717, 1.165) is 11.1 Å². The SMILES string of the molecule is COc1ccccc1CNC(=O)/C(=C/c1ccco1)n1nnnc1-c1ccccc1. The number of carbonyl (C=O) groups is 1. The summed E-state index contributed by atoms with van der Waals surface area (Å²) in [7, 11) is 1.59. The van der Waals surface area contributed by atoms with E-state index in [1.54, 1.807) is 25.3 Å². The highest BCUT2D eigenvalue weighted by molar-refractivity contribution is 6.18. The van der Waals surface area contributed by atoms with Gasteiger partial charge in [0.25, 0.3) is 5.91 Å². The molecule has 0 saturated heterocycles. The highest BCUT2D eigenvalue weighted by atomic mass is 16.5. The number of hydrogen-bond donors (Lipinski definition) is 1. The third-order valence-electron chi connectivity index (χ3n) is 4.42. The summed E-state index contributed by atoms with van der Waals surface area (Å²) < 4.78 is 12.2. The van der Waals surface area contributed by atoms with Crippen molar-refractivity contribution in [1.29, 1.82) is 0 Å². The number of furan rings is 1. The molecule has 4 aromatic rings. The van der Waals surface area contributed by atoms with Crippen LogP contribution in [0.3, 0.4) is 0 Å². The van der Waals surface area contributed by atoms with E-state index in [1.165, 1.54) is 10.9 Å². The van der Waals surface area contributed by atoms with Crippen LogP contribution < -0.4 is 10.1 Å². The highest BCUT2D eigenvalue weighted by Crippen LogP contribution is 2.21. The van der Waals surface area contributed by atoms with Gasteiger partial charge in [-0.2, -0.15) is 4.68 Å². The van der Waals surface area contributed by atoms with Crippen LogP contribution in [0.2, 0.25) is 0 Å². The standard InChI is InChI=1S/C22H19N5O3/c1-29-20-12-6-5-10-17(20)15-23-22(28)19(14-18-11-7-13-30-18)27-21(24-25-26-27)16-8-3-2-4-9-16/h2-14H,15H2,1H3,(H,23,28)/b19-14-. The fraction of sp³-hybridized carbons (Fsp3) is 0.0909. The summed E-state index contributed by atoms with van der Waals surface area (Å²) in [5.41, 5.74) is 1.86. The Balaban J connectivity index is 1.67. The first-order valence-electron chi connectivity index (χ1n) is 9.25. The minimum atomic E-state index is -0.359. The van der Waals surface area contributed by atoms with E-state index in [0.29, 0.717) is 17.3 Å². The third-order valence-corrected chi connectivity index (χ3v) is 4.42. The van der Waals surface area contributed by atoms with Crippen molar-refractivity contribution in [2.75, 3.05) is 7.11 Å². The molecule has 30 heavy (non-hydrogen) atoms. The number of benzene rings is 2. The predicted molar refractivity (Wildman–Crippen MR) is 111 cm³/mol. The van der Waals surface area contributed by atoms with Crippen LogP contribution in [0.4, 0.5) is 0 Å². The van der Waals surface area contributed by atoms with Gasteiger partial charge in [-0.15, -0.1) is 5.10 Å². The summed E-state index contributed by atoms with van der Waals surface area (Å²) in [6.45, 7) is 0.279. The van der Waals surface area contributed by atoms with Crippen molar-refractivity contribution in [3.63, 3.8) is 0 Å². The molecule has 0 spiro atoms. The summed E-state index contributed by atoms with van der Waals surface area (Å²) in [6, 6.07) is 20.4. The number of methoxy groups -OCH3 is 1. The molecule has 0 aliphatic rings. The number of tetrazole rings is 1. The van der Waals surface area contributed by atoms with E-state index < -0.39 is 0 Å². The molecule has 0 unspecified atom stereocenters. The topological polar surface area (TPSA) is 95.1 Å². The Bertz CT molecular complexity index is 1150. The summed E-state index contributed by atoms with van der Waals surface area (Å²) in [5.74, 6) is 1.29. The zero-order valence-electron chi connectivity index (χ0n) is 16.2. The van der Waals surface area contributed by atoms with Crippen molar-refractivity contribution in [2.24, 2.45) is 0 Å². The minimum Gasteiger partial charge on any atom is -0.496 e. The molecule has 8 nitrogen and oxygen atoms in total. The van der Waals surface area contributed by atoms with Crippen LogP contribution in [0.1, 0.15) is 11.3 Å². The van der Waals surface area contributed by atoms with Gasteiger partial charge in [-0.3, -0.25) is 4.79 Å². The van der Waals surface area contributed by atoms with Gasteiger partial charge >= 0.3 is 0 Å². The first kappa shape index (κ1) is 19.1. The van der Waals surface area contributed by atoms with Gasteiger partial charge < -0.3 is 14.5 Å². The molecular formula is C22H19N5O3. The lowest BCUT2D eigenvalue weighted by molar-refractivity contribution is -0.116. The molecule has 0 radical (unpaired) electrons. The quantitative estimate of drug-likeness (QED) is 0.478. The largest absolute Gasteiger partial charge is 0.496 e. The van der Waals surface area contributed by atoms with Crippen molar-refractivity contribution in [3.8, 4) is 17.1 Å². The molecule has 0 aliphatic carbocycles. The second-order valence-electron chi connectivity index (χ2n) is 6.32. The zero-order valence-corrected chi connectivity index (χ0v) is 16.2. The number of rotatable bonds is 7. The van der Waals surface area contributed by atoms with Gasteiger partial charge in [-0.1, -0.05) is 48.5 Å². The molecule has 8 heteroatoms. The van der Waals surface area contributed by atoms with Crippen LogP contribution in [-0.4, -0.2) is 33.2 Å². The monoisotopic (exact) mass is 401 g/mol. The Kier molecular flexibility index (Phi) is 5.66. The molecule has 4 rings (SSSR count). The molecule has 0 saturated carbocycles. The highest BCUT2D eigenvalue weighted by Gasteiger charge is 2.20. The van der Waals surface area contributed by atoms with Crippen LogP contribution in [0.15, 0.2) is 77.4 Å². The van der Waals surface area contributed by atoms with Gasteiger partial charge in [0.15, 0.2) is 5.82 Å². The normalized spacial score (nSPS) is 11.3. The van der Waals surface area contributed by atoms with E-state index in [-0.39, 0.29) is 18.1 Å². The molecule has 2 aromatic heterocycles. The van der Waals surface area contributed by atoms with Crippen LogP contribution >= 0.6 is 0 Å². The van der Waals surface area contributed by atoms with E-state index >= 15 is 0 Å². The van der Waals surface area contributed by atoms with Crippen LogP contribution in [-0.2, 0) is 11.3 Å². The lowest BCUT2D eigenvalue weighted by Gasteiger charge is -2.12.